The fourth-order valence-corrected chi connectivity index (χ4v) is 1.60. The van der Waals surface area contributed by atoms with Crippen LogP contribution < -0.4 is 15.8 Å². The van der Waals surface area contributed by atoms with Gasteiger partial charge in [0.1, 0.15) is 17.4 Å². The molecule has 0 saturated heterocycles. The van der Waals surface area contributed by atoms with Gasteiger partial charge in [-0.25, -0.2) is 4.98 Å². The van der Waals surface area contributed by atoms with E-state index in [1.54, 1.807) is 25.4 Å². The Morgan fingerprint density at radius 1 is 1.26 bits per heavy atom. The van der Waals surface area contributed by atoms with Crippen molar-refractivity contribution in [2.75, 3.05) is 12.4 Å². The highest BCUT2D eigenvalue weighted by Crippen LogP contribution is 2.27. The Balaban J connectivity index is 0.00000180. The molecule has 2 rings (SSSR count). The molecule has 0 aliphatic rings. The summed E-state index contributed by atoms with van der Waals surface area (Å²) < 4.78 is 5.24. The molecule has 19 heavy (non-hydrogen) atoms. The number of para-hydroxylation sites is 2. The molecule has 0 fully saturated rings. The highest BCUT2D eigenvalue weighted by atomic mass is 35.5. The molecule has 100 valence electrons. The summed E-state index contributed by atoms with van der Waals surface area (Å²) in [5.41, 5.74) is 6.85. The van der Waals surface area contributed by atoms with Crippen molar-refractivity contribution in [1.29, 1.82) is 5.41 Å². The standard InChI is InChI=1S/C13H14N4O.ClH/c1-18-11-7-3-2-6-10(11)17-13-9(12(14)15)5-4-8-16-13;/h2-8H,1H3,(H3,14,15)(H,16,17);1H. The van der Waals surface area contributed by atoms with Crippen molar-refractivity contribution >= 4 is 29.7 Å². The molecular weight excluding hydrogens is 264 g/mol. The number of nitrogens with two attached hydrogens (primary N) is 1. The van der Waals surface area contributed by atoms with Crippen molar-refractivity contribution in [3.05, 3.63) is 48.2 Å². The first-order chi connectivity index (χ1) is 8.72. The van der Waals surface area contributed by atoms with E-state index in [9.17, 15) is 0 Å². The number of aromatic nitrogens is 1. The number of anilines is 2. The van der Waals surface area contributed by atoms with Gasteiger partial charge in [-0.3, -0.25) is 5.41 Å². The van der Waals surface area contributed by atoms with Gasteiger partial charge in [0.05, 0.1) is 18.4 Å². The second-order valence-electron chi connectivity index (χ2n) is 3.64. The molecule has 5 nitrogen and oxygen atoms in total. The van der Waals surface area contributed by atoms with E-state index >= 15 is 0 Å². The van der Waals surface area contributed by atoms with Gasteiger partial charge >= 0.3 is 0 Å². The smallest absolute Gasteiger partial charge is 0.142 e. The number of hydrogen-bond acceptors (Lipinski definition) is 4. The second kappa shape index (κ2) is 6.61. The number of nitrogen functional groups attached to an aromatic ring is 1. The average molecular weight is 279 g/mol. The van der Waals surface area contributed by atoms with E-state index in [4.69, 9.17) is 15.9 Å². The highest BCUT2D eigenvalue weighted by Gasteiger charge is 2.08. The van der Waals surface area contributed by atoms with E-state index in [0.717, 1.165) is 5.69 Å². The maximum absolute atomic E-state index is 7.51. The Bertz CT molecular complexity index is 574. The van der Waals surface area contributed by atoms with Crippen molar-refractivity contribution in [2.45, 2.75) is 0 Å². The van der Waals surface area contributed by atoms with Crippen LogP contribution in [0.3, 0.4) is 0 Å². The molecule has 6 heteroatoms. The van der Waals surface area contributed by atoms with Gasteiger partial charge < -0.3 is 15.8 Å². The van der Waals surface area contributed by atoms with Crippen LogP contribution in [-0.2, 0) is 0 Å². The average Bonchev–Trinajstić information content (AvgIpc) is 2.40. The Morgan fingerprint density at radius 2 is 2.00 bits per heavy atom. The van der Waals surface area contributed by atoms with Crippen LogP contribution in [0.25, 0.3) is 0 Å². The van der Waals surface area contributed by atoms with Crippen LogP contribution in [0, 0.1) is 5.41 Å². The summed E-state index contributed by atoms with van der Waals surface area (Å²) in [6, 6.07) is 11.0. The van der Waals surface area contributed by atoms with E-state index in [1.807, 2.05) is 24.3 Å². The number of nitrogens with zero attached hydrogens (tertiary/aromatic N) is 1. The third-order valence-corrected chi connectivity index (χ3v) is 2.46. The lowest BCUT2D eigenvalue weighted by Gasteiger charge is -2.12. The molecule has 2 aromatic rings. The third-order valence-electron chi connectivity index (χ3n) is 2.46. The zero-order valence-electron chi connectivity index (χ0n) is 10.4. The van der Waals surface area contributed by atoms with Gasteiger partial charge in [-0.05, 0) is 24.3 Å². The van der Waals surface area contributed by atoms with E-state index in [2.05, 4.69) is 10.3 Å². The Labute approximate surface area is 117 Å². The topological polar surface area (TPSA) is 84.0 Å². The first kappa shape index (κ1) is 14.8. The van der Waals surface area contributed by atoms with Gasteiger partial charge in [0.2, 0.25) is 0 Å². The highest BCUT2D eigenvalue weighted by molar-refractivity contribution is 6.00. The fraction of sp³-hybridized carbons (Fsp3) is 0.0769. The van der Waals surface area contributed by atoms with Crippen LogP contribution in [0.15, 0.2) is 42.6 Å². The molecule has 0 aliphatic carbocycles. The molecule has 1 aromatic heterocycles. The van der Waals surface area contributed by atoms with Crippen molar-refractivity contribution in [3.63, 3.8) is 0 Å². The molecule has 0 radical (unpaired) electrons. The lowest BCUT2D eigenvalue weighted by Crippen LogP contribution is -2.14. The molecule has 1 heterocycles. The molecule has 0 aliphatic heterocycles. The van der Waals surface area contributed by atoms with Crippen LogP contribution in [-0.4, -0.2) is 17.9 Å². The summed E-state index contributed by atoms with van der Waals surface area (Å²) in [4.78, 5) is 4.18. The number of nitrogens with one attached hydrogen (secondary N) is 2. The lowest BCUT2D eigenvalue weighted by atomic mass is 10.2. The van der Waals surface area contributed by atoms with Gasteiger partial charge in [-0.1, -0.05) is 12.1 Å². The number of benzene rings is 1. The zero-order chi connectivity index (χ0) is 13.0. The predicted molar refractivity (Wildman–Crippen MR) is 78.8 cm³/mol. The third kappa shape index (κ3) is 3.35. The first-order valence-corrected chi connectivity index (χ1v) is 5.42. The summed E-state index contributed by atoms with van der Waals surface area (Å²) in [7, 11) is 1.60. The molecule has 1 aromatic carbocycles. The minimum absolute atomic E-state index is 0. The van der Waals surface area contributed by atoms with E-state index < -0.39 is 0 Å². The predicted octanol–water partition coefficient (Wildman–Crippen LogP) is 2.54. The molecule has 0 spiro atoms. The number of hydrogen-bond donors (Lipinski definition) is 3. The van der Waals surface area contributed by atoms with Crippen LogP contribution in [0.2, 0.25) is 0 Å². The summed E-state index contributed by atoms with van der Waals surface area (Å²) in [5.74, 6) is 1.22. The minimum atomic E-state index is -0.0273. The largest absolute Gasteiger partial charge is 0.495 e. The number of pyridine rings is 1. The first-order valence-electron chi connectivity index (χ1n) is 5.42. The van der Waals surface area contributed by atoms with Crippen LogP contribution in [0.4, 0.5) is 11.5 Å². The van der Waals surface area contributed by atoms with Gasteiger partial charge in [-0.2, -0.15) is 0 Å². The van der Waals surface area contributed by atoms with Crippen molar-refractivity contribution in [1.82, 2.24) is 4.98 Å². The number of rotatable bonds is 4. The normalized spacial score (nSPS) is 9.32. The van der Waals surface area contributed by atoms with Crippen molar-refractivity contribution in [2.24, 2.45) is 5.73 Å². The Kier molecular flexibility index (Phi) is 5.14. The Morgan fingerprint density at radius 3 is 2.68 bits per heavy atom. The molecule has 0 unspecified atom stereocenters. The van der Waals surface area contributed by atoms with Crippen LogP contribution in [0.1, 0.15) is 5.56 Å². The van der Waals surface area contributed by atoms with Gasteiger partial charge in [0.15, 0.2) is 0 Å². The molecule has 0 bridgehead atoms. The number of halogens is 1. The van der Waals surface area contributed by atoms with Gasteiger partial charge in [0.25, 0.3) is 0 Å². The summed E-state index contributed by atoms with van der Waals surface area (Å²) in [5, 5.41) is 10.6. The van der Waals surface area contributed by atoms with Crippen LogP contribution in [0.5, 0.6) is 5.75 Å². The van der Waals surface area contributed by atoms with Gasteiger partial charge in [0, 0.05) is 6.20 Å². The zero-order valence-corrected chi connectivity index (χ0v) is 11.2. The maximum Gasteiger partial charge on any atom is 0.142 e. The fourth-order valence-electron chi connectivity index (χ4n) is 1.60. The number of ether oxygens (including phenoxy) is 1. The molecule has 0 amide bonds. The monoisotopic (exact) mass is 278 g/mol. The number of methoxy groups -OCH3 is 1. The van der Waals surface area contributed by atoms with Crippen molar-refractivity contribution in [3.8, 4) is 5.75 Å². The van der Waals surface area contributed by atoms with E-state index in [-0.39, 0.29) is 18.2 Å². The summed E-state index contributed by atoms with van der Waals surface area (Å²) >= 11 is 0. The van der Waals surface area contributed by atoms with E-state index in [1.165, 1.54) is 0 Å². The van der Waals surface area contributed by atoms with Crippen LogP contribution >= 0.6 is 12.4 Å². The summed E-state index contributed by atoms with van der Waals surface area (Å²) in [6.07, 6.45) is 1.64. The SMILES string of the molecule is COc1ccccc1Nc1ncccc1C(=N)N.Cl. The minimum Gasteiger partial charge on any atom is -0.495 e. The molecule has 0 atom stereocenters. The summed E-state index contributed by atoms with van der Waals surface area (Å²) in [6.45, 7) is 0. The van der Waals surface area contributed by atoms with Gasteiger partial charge in [-0.15, -0.1) is 12.4 Å². The van der Waals surface area contributed by atoms with Crippen molar-refractivity contribution < 1.29 is 4.74 Å². The van der Waals surface area contributed by atoms with E-state index in [0.29, 0.717) is 17.1 Å². The molecular formula is C13H15ClN4O. The molecule has 4 N–H and O–H groups in total. The molecule has 0 saturated carbocycles. The lowest BCUT2D eigenvalue weighted by molar-refractivity contribution is 0.417. The second-order valence-corrected chi connectivity index (χ2v) is 3.64. The number of amidine groups is 1. The maximum atomic E-state index is 7.51. The Hall–Kier alpha value is -2.27. The quantitative estimate of drug-likeness (QED) is 0.593.